The van der Waals surface area contributed by atoms with E-state index in [1.165, 1.54) is 18.3 Å². The second-order valence-electron chi connectivity index (χ2n) is 9.82. The molecule has 8 heteroatoms. The molecule has 1 unspecified atom stereocenters. The summed E-state index contributed by atoms with van der Waals surface area (Å²) in [5.74, 6) is -1.46. The van der Waals surface area contributed by atoms with Crippen LogP contribution >= 0.6 is 0 Å². The summed E-state index contributed by atoms with van der Waals surface area (Å²) < 4.78 is -0.261. The molecule has 0 radical (unpaired) electrons. The molecule has 3 N–H and O–H groups in total. The Balaban J connectivity index is 1.68. The van der Waals surface area contributed by atoms with Crippen molar-refractivity contribution >= 4 is 35.2 Å². The molecule has 1 amide bonds. The van der Waals surface area contributed by atoms with E-state index in [9.17, 15) is 19.8 Å². The number of aromatic carboxylic acids is 1. The van der Waals surface area contributed by atoms with Crippen LogP contribution in [0.25, 0.3) is 11.1 Å². The number of aryl methyl sites for hydroxylation is 2. The number of carboxylic acids is 1. The lowest BCUT2D eigenvalue weighted by atomic mass is 10.00. The van der Waals surface area contributed by atoms with Crippen molar-refractivity contribution in [3.63, 3.8) is 0 Å². The van der Waals surface area contributed by atoms with Crippen LogP contribution in [0, 0.1) is 13.8 Å². The normalized spacial score (nSPS) is 18.6. The van der Waals surface area contributed by atoms with E-state index in [1.54, 1.807) is 30.3 Å². The van der Waals surface area contributed by atoms with Crippen LogP contribution in [0.15, 0.2) is 70.9 Å². The lowest BCUT2D eigenvalue weighted by Crippen LogP contribution is -2.60. The number of amides is 1. The van der Waals surface area contributed by atoms with Crippen LogP contribution in [-0.2, 0) is 4.79 Å². The molecule has 1 heterocycles. The van der Waals surface area contributed by atoms with Gasteiger partial charge in [-0.05, 0) is 69.5 Å². The van der Waals surface area contributed by atoms with Crippen molar-refractivity contribution in [3.05, 3.63) is 77.4 Å². The third-order valence-electron chi connectivity index (χ3n) is 6.45. The van der Waals surface area contributed by atoms with Gasteiger partial charge in [0.05, 0.1) is 11.3 Å². The van der Waals surface area contributed by atoms with E-state index in [0.717, 1.165) is 16.8 Å². The second-order valence-corrected chi connectivity index (χ2v) is 9.82. The first kappa shape index (κ1) is 24.8. The van der Waals surface area contributed by atoms with Crippen molar-refractivity contribution in [1.29, 1.82) is 0 Å². The number of anilines is 1. The first-order valence-corrected chi connectivity index (χ1v) is 11.5. The van der Waals surface area contributed by atoms with Gasteiger partial charge in [-0.15, -0.1) is 0 Å². The molecular weight excluding hydrogens is 456 g/mol. The van der Waals surface area contributed by atoms with E-state index in [1.807, 2.05) is 52.8 Å². The molecule has 1 atom stereocenters. The fourth-order valence-corrected chi connectivity index (χ4v) is 4.27. The predicted octanol–water partition coefficient (Wildman–Crippen LogP) is 5.47. The Kier molecular flexibility index (Phi) is 6.24. The zero-order chi connectivity index (χ0) is 26.3. The third kappa shape index (κ3) is 4.16. The number of carboxylic acid groups (broad SMARTS) is 1. The summed E-state index contributed by atoms with van der Waals surface area (Å²) in [5, 5.41) is 29.1. The van der Waals surface area contributed by atoms with Gasteiger partial charge in [-0.2, -0.15) is 5.10 Å². The summed E-state index contributed by atoms with van der Waals surface area (Å²) >= 11 is 0. The Hall–Kier alpha value is -4.30. The summed E-state index contributed by atoms with van der Waals surface area (Å²) in [6.07, 6.45) is 1.45. The Morgan fingerprint density at radius 1 is 1.00 bits per heavy atom. The van der Waals surface area contributed by atoms with Crippen LogP contribution in [0.5, 0.6) is 5.75 Å². The lowest BCUT2D eigenvalue weighted by Gasteiger charge is -2.37. The van der Waals surface area contributed by atoms with Gasteiger partial charge in [-0.3, -0.25) is 5.43 Å². The molecule has 3 aromatic rings. The van der Waals surface area contributed by atoms with Crippen LogP contribution in [-0.4, -0.2) is 39.6 Å². The standard InChI is InChI=1S/C28H28N4O4/c1-17-12-13-21(14-18(17)2)32(28(3,4)5)26(34)24(16-29-32)31-30-23-11-7-10-22(25(23)33)19-8-6-9-20(15-19)27(35)36/h6-16H,1-5H3,(H2-,29,30,31,33,34,35,36)/p+1. The van der Waals surface area contributed by atoms with Crippen molar-refractivity contribution in [2.75, 3.05) is 5.43 Å². The Bertz CT molecular complexity index is 1440. The van der Waals surface area contributed by atoms with Crippen LogP contribution in [0.4, 0.5) is 11.4 Å². The first-order valence-electron chi connectivity index (χ1n) is 11.5. The van der Waals surface area contributed by atoms with Crippen molar-refractivity contribution in [3.8, 4) is 16.9 Å². The molecule has 8 nitrogen and oxygen atoms in total. The van der Waals surface area contributed by atoms with Gasteiger partial charge in [-0.1, -0.05) is 40.0 Å². The molecule has 0 aliphatic carbocycles. The molecule has 0 saturated heterocycles. The molecule has 4 rings (SSSR count). The molecular formula is C28H29N4O4+. The molecule has 0 aromatic heterocycles. The number of nitrogens with zero attached hydrogens (tertiary/aromatic N) is 3. The highest BCUT2D eigenvalue weighted by molar-refractivity contribution is 6.64. The van der Waals surface area contributed by atoms with Gasteiger partial charge in [0.25, 0.3) is 0 Å². The number of phenols is 1. The molecule has 1 aliphatic rings. The fraction of sp³-hybridized carbons (Fsp3) is 0.214. The Morgan fingerprint density at radius 3 is 2.39 bits per heavy atom. The molecule has 36 heavy (non-hydrogen) atoms. The maximum absolute atomic E-state index is 13.7. The number of carbonyl (C=O) groups is 2. The summed E-state index contributed by atoms with van der Waals surface area (Å²) in [7, 11) is 0. The predicted molar refractivity (Wildman–Crippen MR) is 143 cm³/mol. The number of benzene rings is 3. The van der Waals surface area contributed by atoms with Crippen molar-refractivity contribution < 1.29 is 19.8 Å². The highest BCUT2D eigenvalue weighted by Crippen LogP contribution is 2.39. The van der Waals surface area contributed by atoms with E-state index in [2.05, 4.69) is 15.6 Å². The van der Waals surface area contributed by atoms with Crippen LogP contribution < -0.4 is 10.0 Å². The highest BCUT2D eigenvalue weighted by atomic mass is 16.4. The Labute approximate surface area is 209 Å². The van der Waals surface area contributed by atoms with Crippen LogP contribution in [0.1, 0.15) is 42.3 Å². The van der Waals surface area contributed by atoms with Crippen molar-refractivity contribution in [2.45, 2.75) is 40.2 Å². The molecule has 1 aliphatic heterocycles. The van der Waals surface area contributed by atoms with Crippen molar-refractivity contribution in [1.82, 2.24) is 4.59 Å². The van der Waals surface area contributed by atoms with Crippen LogP contribution in [0.2, 0.25) is 0 Å². The number of phenolic OH excluding ortho intramolecular Hbond substituents is 1. The SMILES string of the molecule is Cc1ccc([N+]2(C(C)(C)C)N=CC(=NNc3cccc(-c4cccc(C(=O)O)c4)c3O)C2=O)cc1C. The summed E-state index contributed by atoms with van der Waals surface area (Å²) in [5.41, 5.74) is 6.64. The molecule has 0 bridgehead atoms. The number of hydrogen-bond acceptors (Lipinski definition) is 6. The quantitative estimate of drug-likeness (QED) is 0.252. The molecule has 0 spiro atoms. The maximum atomic E-state index is 13.7. The van der Waals surface area contributed by atoms with E-state index in [-0.39, 0.29) is 33.2 Å². The minimum atomic E-state index is -1.06. The molecule has 0 fully saturated rings. The van der Waals surface area contributed by atoms with E-state index >= 15 is 0 Å². The summed E-state index contributed by atoms with van der Waals surface area (Å²) in [4.78, 5) is 25.1. The van der Waals surface area contributed by atoms with Gasteiger partial charge >= 0.3 is 11.9 Å². The largest absolute Gasteiger partial charge is 0.505 e. The minimum absolute atomic E-state index is 0.112. The number of quaternary nitrogens is 1. The fourth-order valence-electron chi connectivity index (χ4n) is 4.27. The average molecular weight is 486 g/mol. The number of hydrazone groups is 1. The second kappa shape index (κ2) is 9.05. The number of para-hydroxylation sites is 1. The van der Waals surface area contributed by atoms with Crippen molar-refractivity contribution in [2.24, 2.45) is 10.2 Å². The maximum Gasteiger partial charge on any atom is 0.399 e. The van der Waals surface area contributed by atoms with Gasteiger partial charge < -0.3 is 10.2 Å². The van der Waals surface area contributed by atoms with Gasteiger partial charge in [0.15, 0.2) is 5.69 Å². The molecule has 3 aromatic carbocycles. The zero-order valence-corrected chi connectivity index (χ0v) is 20.9. The third-order valence-corrected chi connectivity index (χ3v) is 6.45. The minimum Gasteiger partial charge on any atom is -0.505 e. The number of carbonyl (C=O) groups excluding carboxylic acids is 1. The molecule has 184 valence electrons. The van der Waals surface area contributed by atoms with Gasteiger partial charge in [0.1, 0.15) is 17.5 Å². The highest BCUT2D eigenvalue weighted by Gasteiger charge is 2.55. The van der Waals surface area contributed by atoms with E-state index in [4.69, 9.17) is 0 Å². The molecule has 0 saturated carbocycles. The number of hydrogen-bond donors (Lipinski definition) is 3. The van der Waals surface area contributed by atoms with Gasteiger partial charge in [0.2, 0.25) is 5.71 Å². The van der Waals surface area contributed by atoms with Gasteiger partial charge in [-0.25, -0.2) is 9.59 Å². The smallest absolute Gasteiger partial charge is 0.399 e. The zero-order valence-electron chi connectivity index (χ0n) is 20.9. The first-order chi connectivity index (χ1) is 17.0. The van der Waals surface area contributed by atoms with E-state index in [0.29, 0.717) is 11.1 Å². The van der Waals surface area contributed by atoms with Crippen LogP contribution in [0.3, 0.4) is 0 Å². The lowest BCUT2D eigenvalue weighted by molar-refractivity contribution is -0.126. The number of rotatable bonds is 5. The average Bonchev–Trinajstić information content (AvgIpc) is 3.17. The number of aromatic hydroxyl groups is 1. The van der Waals surface area contributed by atoms with Gasteiger partial charge in [0, 0.05) is 17.7 Å². The topological polar surface area (TPSA) is 111 Å². The van der Waals surface area contributed by atoms with E-state index < -0.39 is 11.5 Å². The summed E-state index contributed by atoms with van der Waals surface area (Å²) in [6, 6.07) is 17.2. The Morgan fingerprint density at radius 2 is 1.72 bits per heavy atom. The summed E-state index contributed by atoms with van der Waals surface area (Å²) in [6.45, 7) is 9.88. The monoisotopic (exact) mass is 485 g/mol. The number of nitrogens with one attached hydrogen (secondary N) is 1.